The molecule has 2 fully saturated rings. The van der Waals surface area contributed by atoms with Crippen molar-refractivity contribution in [2.75, 3.05) is 6.61 Å². The second-order valence-electron chi connectivity index (χ2n) is 13.9. The monoisotopic (exact) mass is 694 g/mol. The Bertz CT molecular complexity index is 1720. The van der Waals surface area contributed by atoms with E-state index in [2.05, 4.69) is 0 Å². The lowest BCUT2D eigenvalue weighted by atomic mass is 9.92. The third kappa shape index (κ3) is 9.62. The maximum atomic E-state index is 13.9. The first kappa shape index (κ1) is 34.9. The fourth-order valence-electron chi connectivity index (χ4n) is 6.30. The van der Waals surface area contributed by atoms with Gasteiger partial charge in [-0.25, -0.2) is 9.59 Å². The molecule has 51 heavy (non-hydrogen) atoms. The Kier molecular flexibility index (Phi) is 11.7. The molecule has 6 rings (SSSR count). The lowest BCUT2D eigenvalue weighted by molar-refractivity contribution is -0.147. The molecule has 9 nitrogen and oxygen atoms in total. The van der Waals surface area contributed by atoms with Crippen LogP contribution in [0.2, 0.25) is 0 Å². The van der Waals surface area contributed by atoms with Gasteiger partial charge in [-0.3, -0.25) is 4.90 Å². The second kappa shape index (κ2) is 17.1. The van der Waals surface area contributed by atoms with Gasteiger partial charge >= 0.3 is 12.1 Å². The standard InChI is InChI=1S/C42H47NO8/c1-42(2,3)40-43(41(45)49-28-33-22-14-7-15-23-33)34(39(44)51-40)24-35-37(47-26-31-18-10-5-11-19-31)38(48-27-32-20-12-6-13-21-32)36(50-35)29-46-25-30-16-8-4-9-17-30/h4-23,34-38,40H,24-29H2,1-3H3/t34-,35-,36+,37-,38+,40-/m0/s1/i34D. The van der Waals surface area contributed by atoms with E-state index in [0.717, 1.165) is 27.2 Å². The molecule has 2 aliphatic heterocycles. The Hall–Kier alpha value is -4.54. The fraction of sp³-hybridized carbons (Fsp3) is 0.381. The van der Waals surface area contributed by atoms with Crippen LogP contribution in [0.15, 0.2) is 121 Å². The molecule has 0 radical (unpaired) electrons. The third-order valence-electron chi connectivity index (χ3n) is 8.89. The molecule has 0 bridgehead atoms. The Morgan fingerprint density at radius 1 is 0.686 bits per heavy atom. The average molecular weight is 695 g/mol. The van der Waals surface area contributed by atoms with E-state index in [0.29, 0.717) is 6.61 Å². The predicted molar refractivity (Wildman–Crippen MR) is 191 cm³/mol. The molecular formula is C42H47NO8. The molecule has 0 unspecified atom stereocenters. The molecule has 4 aromatic carbocycles. The Balaban J connectivity index is 1.29. The molecule has 6 atom stereocenters. The molecule has 268 valence electrons. The first-order valence-corrected chi connectivity index (χ1v) is 17.4. The Labute approximate surface area is 301 Å². The summed E-state index contributed by atoms with van der Waals surface area (Å²) in [5, 5.41) is 0. The highest BCUT2D eigenvalue weighted by Crippen LogP contribution is 2.38. The van der Waals surface area contributed by atoms with Gasteiger partial charge in [-0.1, -0.05) is 142 Å². The number of carbonyl (C=O) groups is 2. The molecule has 0 saturated carbocycles. The maximum absolute atomic E-state index is 13.9. The summed E-state index contributed by atoms with van der Waals surface area (Å²) in [6.07, 6.45) is -4.98. The number of benzene rings is 4. The molecule has 2 saturated heterocycles. The third-order valence-corrected chi connectivity index (χ3v) is 8.89. The average Bonchev–Trinajstić information content (AvgIpc) is 3.62. The molecule has 0 aromatic heterocycles. The van der Waals surface area contributed by atoms with E-state index in [-0.39, 0.29) is 32.8 Å². The van der Waals surface area contributed by atoms with Crippen molar-refractivity contribution < 1.29 is 39.4 Å². The number of amides is 1. The van der Waals surface area contributed by atoms with Crippen LogP contribution >= 0.6 is 0 Å². The minimum Gasteiger partial charge on any atom is -0.444 e. The van der Waals surface area contributed by atoms with Crippen molar-refractivity contribution >= 4 is 12.1 Å². The van der Waals surface area contributed by atoms with Gasteiger partial charge in [0, 0.05) is 11.8 Å². The largest absolute Gasteiger partial charge is 0.444 e. The summed E-state index contributed by atoms with van der Waals surface area (Å²) in [7, 11) is 0. The fourth-order valence-corrected chi connectivity index (χ4v) is 6.30. The summed E-state index contributed by atoms with van der Waals surface area (Å²) in [6.45, 7) is 6.54. The van der Waals surface area contributed by atoms with Crippen LogP contribution in [0.3, 0.4) is 0 Å². The summed E-state index contributed by atoms with van der Waals surface area (Å²) in [5.41, 5.74) is 2.96. The van der Waals surface area contributed by atoms with E-state index in [4.69, 9.17) is 28.4 Å². The van der Waals surface area contributed by atoms with Crippen molar-refractivity contribution in [3.05, 3.63) is 144 Å². The lowest BCUT2D eigenvalue weighted by Gasteiger charge is -2.34. The number of hydrogen-bond donors (Lipinski definition) is 0. The Morgan fingerprint density at radius 2 is 1.14 bits per heavy atom. The van der Waals surface area contributed by atoms with Gasteiger partial charge in [0.15, 0.2) is 6.23 Å². The zero-order chi connectivity index (χ0) is 36.6. The van der Waals surface area contributed by atoms with Crippen LogP contribution < -0.4 is 0 Å². The molecule has 0 aliphatic carbocycles. The number of cyclic esters (lactones) is 1. The highest BCUT2D eigenvalue weighted by atomic mass is 16.6. The van der Waals surface area contributed by atoms with E-state index in [9.17, 15) is 11.0 Å². The second-order valence-corrected chi connectivity index (χ2v) is 13.9. The van der Waals surface area contributed by atoms with E-state index in [1.165, 1.54) is 0 Å². The zero-order valence-corrected chi connectivity index (χ0v) is 29.4. The number of esters is 1. The first-order chi connectivity index (χ1) is 25.1. The van der Waals surface area contributed by atoms with Gasteiger partial charge in [-0.15, -0.1) is 0 Å². The summed E-state index contributed by atoms with van der Waals surface area (Å²) in [6, 6.07) is 36.4. The van der Waals surface area contributed by atoms with Gasteiger partial charge in [0.25, 0.3) is 0 Å². The minimum atomic E-state index is -2.19. The summed E-state index contributed by atoms with van der Waals surface area (Å²) in [4.78, 5) is 28.8. The van der Waals surface area contributed by atoms with Crippen LogP contribution in [0.4, 0.5) is 4.79 Å². The summed E-state index contributed by atoms with van der Waals surface area (Å²) >= 11 is 0. The van der Waals surface area contributed by atoms with Crippen molar-refractivity contribution in [1.82, 2.24) is 4.90 Å². The number of rotatable bonds is 14. The number of nitrogens with zero attached hydrogens (tertiary/aromatic N) is 1. The van der Waals surface area contributed by atoms with Crippen LogP contribution in [-0.4, -0.2) is 60.2 Å². The van der Waals surface area contributed by atoms with Crippen molar-refractivity contribution in [3.63, 3.8) is 0 Å². The SMILES string of the molecule is [2H][C@]1(C[C@@H]2O[C@H](COCc3ccccc3)[C@@H](OCc3ccccc3)[C@H]2OCc2ccccc2)C(=O)O[C@@H](C(C)(C)C)N1C(=O)OCc1ccccc1. The number of carbonyl (C=O) groups excluding carboxylic acids is 2. The van der Waals surface area contributed by atoms with Crippen LogP contribution in [0.25, 0.3) is 0 Å². The predicted octanol–water partition coefficient (Wildman–Crippen LogP) is 7.47. The number of hydrogen-bond acceptors (Lipinski definition) is 8. The van der Waals surface area contributed by atoms with Crippen LogP contribution in [0.1, 0.15) is 50.8 Å². The van der Waals surface area contributed by atoms with Gasteiger partial charge in [0.1, 0.15) is 30.9 Å². The van der Waals surface area contributed by atoms with Gasteiger partial charge in [0.05, 0.1) is 33.9 Å². The summed E-state index contributed by atoms with van der Waals surface area (Å²) in [5.74, 6) is -0.861. The van der Waals surface area contributed by atoms with Crippen molar-refractivity contribution in [1.29, 1.82) is 0 Å². The van der Waals surface area contributed by atoms with Crippen LogP contribution in [0.5, 0.6) is 0 Å². The zero-order valence-electron chi connectivity index (χ0n) is 30.4. The number of ether oxygens (including phenoxy) is 6. The first-order valence-electron chi connectivity index (χ1n) is 17.9. The smallest absolute Gasteiger partial charge is 0.413 e. The normalized spacial score (nSPS) is 25.0. The maximum Gasteiger partial charge on any atom is 0.413 e. The highest BCUT2D eigenvalue weighted by Gasteiger charge is 2.55. The van der Waals surface area contributed by atoms with Gasteiger partial charge in [-0.05, 0) is 22.3 Å². The minimum absolute atomic E-state index is 0.0315. The van der Waals surface area contributed by atoms with Gasteiger partial charge in [-0.2, -0.15) is 0 Å². The van der Waals surface area contributed by atoms with Crippen LogP contribution in [0, 0.1) is 5.41 Å². The van der Waals surface area contributed by atoms with E-state index in [1.807, 2.05) is 142 Å². The van der Waals surface area contributed by atoms with E-state index >= 15 is 0 Å². The topological polar surface area (TPSA) is 92.8 Å². The molecule has 2 heterocycles. The molecule has 0 spiro atoms. The van der Waals surface area contributed by atoms with Crippen molar-refractivity contribution in [3.8, 4) is 0 Å². The van der Waals surface area contributed by atoms with Crippen molar-refractivity contribution in [2.45, 2.75) is 90.3 Å². The lowest BCUT2D eigenvalue weighted by Crippen LogP contribution is -2.50. The quantitative estimate of drug-likeness (QED) is 0.126. The van der Waals surface area contributed by atoms with Gasteiger partial charge in [0.2, 0.25) is 0 Å². The van der Waals surface area contributed by atoms with Crippen molar-refractivity contribution in [2.24, 2.45) is 5.41 Å². The molecule has 4 aromatic rings. The molecule has 2 aliphatic rings. The molecular weight excluding hydrogens is 646 g/mol. The molecule has 0 N–H and O–H groups in total. The Morgan fingerprint density at radius 3 is 1.63 bits per heavy atom. The summed E-state index contributed by atoms with van der Waals surface area (Å²) < 4.78 is 47.3. The van der Waals surface area contributed by atoms with Crippen LogP contribution in [-0.2, 0) is 59.6 Å². The van der Waals surface area contributed by atoms with E-state index in [1.54, 1.807) is 0 Å². The van der Waals surface area contributed by atoms with E-state index < -0.39 is 54.1 Å². The van der Waals surface area contributed by atoms with Gasteiger partial charge < -0.3 is 28.4 Å². The molecule has 1 amide bonds. The molecule has 9 heteroatoms. The highest BCUT2D eigenvalue weighted by molar-refractivity contribution is 5.84.